The van der Waals surface area contributed by atoms with E-state index in [0.29, 0.717) is 17.8 Å². The zero-order valence-corrected chi connectivity index (χ0v) is 18.2. The van der Waals surface area contributed by atoms with Crippen LogP contribution >= 0.6 is 0 Å². The summed E-state index contributed by atoms with van der Waals surface area (Å²) in [5, 5.41) is 0. The van der Waals surface area contributed by atoms with Crippen LogP contribution in [0.4, 0.5) is 0 Å². The van der Waals surface area contributed by atoms with Crippen molar-refractivity contribution in [3.63, 3.8) is 0 Å². The maximum atomic E-state index is 13.3. The van der Waals surface area contributed by atoms with Crippen molar-refractivity contribution in [2.75, 3.05) is 12.4 Å². The van der Waals surface area contributed by atoms with Crippen LogP contribution in [0.2, 0.25) is 0 Å². The molecule has 3 aliphatic heterocycles. The number of ether oxygens (including phenoxy) is 4. The summed E-state index contributed by atoms with van der Waals surface area (Å²) in [7, 11) is -4.56. The van der Waals surface area contributed by atoms with E-state index in [1.165, 1.54) is 19.3 Å². The molecular formula is C21H25O10S-. The van der Waals surface area contributed by atoms with Gasteiger partial charge in [-0.1, -0.05) is 0 Å². The first-order valence-electron chi connectivity index (χ1n) is 11.3. The second-order valence-corrected chi connectivity index (χ2v) is 12.1. The highest BCUT2D eigenvalue weighted by atomic mass is 32.2. The Bertz CT molecular complexity index is 953. The molecule has 7 aliphatic rings. The van der Waals surface area contributed by atoms with E-state index >= 15 is 0 Å². The van der Waals surface area contributed by atoms with E-state index in [0.717, 1.165) is 19.3 Å². The summed E-state index contributed by atoms with van der Waals surface area (Å²) in [4.78, 5) is 38.6. The monoisotopic (exact) mass is 469 g/mol. The van der Waals surface area contributed by atoms with Crippen LogP contribution in [0.1, 0.15) is 44.9 Å². The van der Waals surface area contributed by atoms with Gasteiger partial charge in [0.2, 0.25) is 0 Å². The summed E-state index contributed by atoms with van der Waals surface area (Å²) in [5.41, 5.74) is -2.16. The van der Waals surface area contributed by atoms with Crippen LogP contribution in [0.25, 0.3) is 0 Å². The molecule has 0 N–H and O–H groups in total. The Kier molecular flexibility index (Phi) is 4.34. The minimum Gasteiger partial charge on any atom is -0.748 e. The molecule has 0 aromatic rings. The van der Waals surface area contributed by atoms with E-state index in [-0.39, 0.29) is 12.4 Å². The zero-order chi connectivity index (χ0) is 22.5. The fourth-order valence-electron chi connectivity index (χ4n) is 7.68. The van der Waals surface area contributed by atoms with Gasteiger partial charge in [-0.05, 0) is 56.3 Å². The van der Waals surface area contributed by atoms with E-state index in [1.54, 1.807) is 0 Å². The molecule has 10 nitrogen and oxygen atoms in total. The molecule has 0 radical (unpaired) electrons. The molecule has 3 heterocycles. The second kappa shape index (κ2) is 6.66. The minimum absolute atomic E-state index is 0.0607. The van der Waals surface area contributed by atoms with Gasteiger partial charge in [0.05, 0.1) is 21.3 Å². The molecule has 5 atom stereocenters. The molecule has 11 heteroatoms. The van der Waals surface area contributed by atoms with E-state index < -0.39 is 69.7 Å². The lowest BCUT2D eigenvalue weighted by atomic mass is 9.49. The van der Waals surface area contributed by atoms with Gasteiger partial charge in [0.1, 0.15) is 18.8 Å². The van der Waals surface area contributed by atoms with Gasteiger partial charge in [-0.25, -0.2) is 8.42 Å². The van der Waals surface area contributed by atoms with Crippen LogP contribution in [-0.4, -0.2) is 67.7 Å². The average Bonchev–Trinajstić information content (AvgIpc) is 3.28. The predicted molar refractivity (Wildman–Crippen MR) is 102 cm³/mol. The van der Waals surface area contributed by atoms with Crippen molar-refractivity contribution in [3.05, 3.63) is 0 Å². The quantitative estimate of drug-likeness (QED) is 0.230. The highest BCUT2D eigenvalue weighted by molar-refractivity contribution is 7.85. The third-order valence-electron chi connectivity index (χ3n) is 8.57. The highest BCUT2D eigenvalue weighted by Crippen LogP contribution is 2.61. The first-order chi connectivity index (χ1) is 15.1. The number of hydrogen-bond donors (Lipinski definition) is 0. The average molecular weight is 469 g/mol. The summed E-state index contributed by atoms with van der Waals surface area (Å²) in [6.45, 7) is -0.647. The number of fused-ring (bicyclic) bond motifs is 1. The lowest BCUT2D eigenvalue weighted by molar-refractivity contribution is -0.184. The summed E-state index contributed by atoms with van der Waals surface area (Å²) >= 11 is 0. The summed E-state index contributed by atoms with van der Waals surface area (Å²) < 4.78 is 54.4. The maximum absolute atomic E-state index is 13.3. The van der Waals surface area contributed by atoms with Crippen LogP contribution in [0.3, 0.4) is 0 Å². The first kappa shape index (κ1) is 20.9. The molecule has 0 amide bonds. The van der Waals surface area contributed by atoms with Gasteiger partial charge >= 0.3 is 17.9 Å². The first-order valence-corrected chi connectivity index (χ1v) is 12.9. The molecule has 0 spiro atoms. The Morgan fingerprint density at radius 3 is 2.25 bits per heavy atom. The molecule has 0 aromatic heterocycles. The topological polar surface area (TPSA) is 145 Å². The molecule has 0 aromatic carbocycles. The number of carbonyl (C=O) groups excluding carboxylic acids is 3. The molecule has 4 aliphatic carbocycles. The molecule has 5 unspecified atom stereocenters. The van der Waals surface area contributed by atoms with Gasteiger partial charge in [0.15, 0.2) is 17.6 Å². The fourth-order valence-corrected chi connectivity index (χ4v) is 7.97. The molecule has 4 saturated carbocycles. The Morgan fingerprint density at radius 1 is 1.03 bits per heavy atom. The van der Waals surface area contributed by atoms with Crippen LogP contribution in [0.5, 0.6) is 0 Å². The van der Waals surface area contributed by atoms with Crippen molar-refractivity contribution in [2.24, 2.45) is 28.6 Å². The van der Waals surface area contributed by atoms with Crippen molar-refractivity contribution < 1.29 is 46.3 Å². The van der Waals surface area contributed by atoms with Crippen LogP contribution < -0.4 is 0 Å². The Hall–Kier alpha value is -1.72. The lowest BCUT2D eigenvalue weighted by Crippen LogP contribution is -2.54. The van der Waals surface area contributed by atoms with E-state index in [9.17, 15) is 27.4 Å². The zero-order valence-electron chi connectivity index (χ0n) is 17.4. The van der Waals surface area contributed by atoms with E-state index in [1.807, 2.05) is 0 Å². The minimum atomic E-state index is -4.56. The third-order valence-corrected chi connectivity index (χ3v) is 9.24. The Labute approximate surface area is 185 Å². The third kappa shape index (κ3) is 2.89. The van der Waals surface area contributed by atoms with Crippen molar-refractivity contribution in [1.29, 1.82) is 0 Å². The van der Waals surface area contributed by atoms with Crippen molar-refractivity contribution >= 4 is 28.0 Å². The van der Waals surface area contributed by atoms with Gasteiger partial charge in [-0.2, -0.15) is 0 Å². The SMILES string of the molecule is O=C(OC1C2CC3(C(=O)OCCS(=O)(=O)[O-])C(=O)OC1C3O2)C12CC3CC(CC(C3)C1)C2. The van der Waals surface area contributed by atoms with Gasteiger partial charge in [0, 0.05) is 6.42 Å². The molecular weight excluding hydrogens is 444 g/mol. The van der Waals surface area contributed by atoms with Crippen molar-refractivity contribution in [2.45, 2.75) is 69.4 Å². The van der Waals surface area contributed by atoms with Crippen LogP contribution in [0, 0.1) is 28.6 Å². The normalized spacial score (nSPS) is 47.5. The summed E-state index contributed by atoms with van der Waals surface area (Å²) in [5.74, 6) is -1.17. The van der Waals surface area contributed by atoms with Crippen LogP contribution in [-0.2, 0) is 43.4 Å². The van der Waals surface area contributed by atoms with E-state index in [4.69, 9.17) is 18.9 Å². The molecule has 7 fully saturated rings. The maximum Gasteiger partial charge on any atom is 0.326 e. The number of hydrogen-bond acceptors (Lipinski definition) is 10. The Morgan fingerprint density at radius 2 is 1.66 bits per heavy atom. The predicted octanol–water partition coefficient (Wildman–Crippen LogP) is 0.286. The van der Waals surface area contributed by atoms with E-state index in [2.05, 4.69) is 0 Å². The number of rotatable bonds is 6. The molecule has 32 heavy (non-hydrogen) atoms. The molecule has 176 valence electrons. The smallest absolute Gasteiger partial charge is 0.326 e. The van der Waals surface area contributed by atoms with Gasteiger partial charge in [-0.15, -0.1) is 0 Å². The highest BCUT2D eigenvalue weighted by Gasteiger charge is 2.77. The fraction of sp³-hybridized carbons (Fsp3) is 0.857. The molecule has 6 bridgehead atoms. The van der Waals surface area contributed by atoms with Crippen LogP contribution in [0.15, 0.2) is 0 Å². The summed E-state index contributed by atoms with van der Waals surface area (Å²) in [6.07, 6.45) is 2.79. The standard InChI is InChI=1S/C21H26O10S/c22-17(20-6-10-3-11(7-20)5-12(4-10)8-20)30-14-13-9-21(16(29-13)15(14)31-19(21)24)18(23)28-1-2-32(25,26)27/h10-16H,1-9H2,(H,25,26,27)/p-1. The largest absolute Gasteiger partial charge is 0.748 e. The van der Waals surface area contributed by atoms with Crippen molar-refractivity contribution in [1.82, 2.24) is 0 Å². The molecule has 7 rings (SSSR count). The lowest BCUT2D eigenvalue weighted by Gasteiger charge is -2.55. The van der Waals surface area contributed by atoms with Gasteiger partial charge in [-0.3, -0.25) is 14.4 Å². The number of esters is 3. The van der Waals surface area contributed by atoms with Crippen molar-refractivity contribution in [3.8, 4) is 0 Å². The second-order valence-electron chi connectivity index (χ2n) is 10.6. The Balaban J connectivity index is 1.15. The number of carbonyl (C=O) groups is 3. The van der Waals surface area contributed by atoms with Gasteiger partial charge in [0.25, 0.3) is 0 Å². The van der Waals surface area contributed by atoms with Gasteiger partial charge < -0.3 is 23.5 Å². The molecule has 3 saturated heterocycles. The summed E-state index contributed by atoms with van der Waals surface area (Å²) in [6, 6.07) is 0.